The van der Waals surface area contributed by atoms with E-state index in [1.165, 1.54) is 0 Å². The van der Waals surface area contributed by atoms with Gasteiger partial charge in [0.1, 0.15) is 0 Å². The molecule has 0 radical (unpaired) electrons. The third kappa shape index (κ3) is 4.89. The number of benzene rings is 1. The zero-order chi connectivity index (χ0) is 14.4. The summed E-state index contributed by atoms with van der Waals surface area (Å²) in [6.07, 6.45) is 1.88. The van der Waals surface area contributed by atoms with Crippen LogP contribution in [-0.4, -0.2) is 30.9 Å². The highest BCUT2D eigenvalue weighted by atomic mass is 32.2. The molecule has 1 aromatic carbocycles. The normalized spacial score (nSPS) is 11.6. The fourth-order valence-electron chi connectivity index (χ4n) is 1.66. The molecule has 20 heavy (non-hydrogen) atoms. The summed E-state index contributed by atoms with van der Waals surface area (Å²) in [7, 11) is 0. The maximum atomic E-state index is 4.16. The first kappa shape index (κ1) is 14.9. The van der Waals surface area contributed by atoms with Gasteiger partial charge in [-0.05, 0) is 12.2 Å². The Morgan fingerprint density at radius 3 is 2.20 bits per heavy atom. The van der Waals surface area contributed by atoms with Crippen LogP contribution in [0.3, 0.4) is 0 Å². The van der Waals surface area contributed by atoms with Crippen LogP contribution < -0.4 is 0 Å². The first-order valence-electron chi connectivity index (χ1n) is 6.80. The van der Waals surface area contributed by atoms with Crippen molar-refractivity contribution in [1.82, 2.24) is 20.4 Å². The van der Waals surface area contributed by atoms with Crippen molar-refractivity contribution >= 4 is 11.8 Å². The van der Waals surface area contributed by atoms with Gasteiger partial charge in [-0.15, -0.1) is 20.4 Å². The van der Waals surface area contributed by atoms with Gasteiger partial charge in [0.2, 0.25) is 5.82 Å². The molecule has 0 saturated heterocycles. The fraction of sp³-hybridized carbons (Fsp3) is 0.467. The highest BCUT2D eigenvalue weighted by Gasteiger charge is 2.10. The molecule has 0 amide bonds. The largest absolute Gasteiger partial charge is 0.203 e. The Balaban J connectivity index is 1.86. The first-order chi connectivity index (χ1) is 9.54. The average molecular weight is 288 g/mol. The van der Waals surface area contributed by atoms with E-state index in [1.54, 1.807) is 0 Å². The summed E-state index contributed by atoms with van der Waals surface area (Å²) in [5, 5.41) is 16.6. The summed E-state index contributed by atoms with van der Waals surface area (Å²) in [4.78, 5) is 0. The van der Waals surface area contributed by atoms with Crippen molar-refractivity contribution in [2.75, 3.05) is 5.75 Å². The Labute approximate surface area is 124 Å². The van der Waals surface area contributed by atoms with E-state index in [4.69, 9.17) is 0 Å². The van der Waals surface area contributed by atoms with Gasteiger partial charge in [-0.25, -0.2) is 0 Å². The molecule has 0 unspecified atom stereocenters. The smallest absolute Gasteiger partial charge is 0.156 e. The third-order valence-corrected chi connectivity index (χ3v) is 3.99. The number of aryl methyl sites for hydroxylation is 1. The van der Waals surface area contributed by atoms with Crippen LogP contribution in [0.4, 0.5) is 0 Å². The highest BCUT2D eigenvalue weighted by molar-refractivity contribution is 8.00. The molecular formula is C15H20N4S. The summed E-state index contributed by atoms with van der Waals surface area (Å²) in [6, 6.07) is 9.79. The second-order valence-corrected chi connectivity index (χ2v) is 7.49. The van der Waals surface area contributed by atoms with Gasteiger partial charge in [0, 0.05) is 16.7 Å². The number of nitrogens with zero attached hydrogens (tertiary/aromatic N) is 4. The molecule has 0 aliphatic rings. The Morgan fingerprint density at radius 1 is 0.950 bits per heavy atom. The minimum Gasteiger partial charge on any atom is -0.156 e. The van der Waals surface area contributed by atoms with Crippen molar-refractivity contribution in [3.05, 3.63) is 36.2 Å². The van der Waals surface area contributed by atoms with E-state index in [1.807, 2.05) is 42.1 Å². The predicted octanol–water partition coefficient (Wildman–Crippen LogP) is 3.40. The van der Waals surface area contributed by atoms with Crippen LogP contribution in [-0.2, 0) is 6.42 Å². The number of hydrogen-bond donors (Lipinski definition) is 0. The van der Waals surface area contributed by atoms with Crippen LogP contribution in [0.5, 0.6) is 0 Å². The van der Waals surface area contributed by atoms with Gasteiger partial charge in [0.05, 0.1) is 0 Å². The predicted molar refractivity (Wildman–Crippen MR) is 83.6 cm³/mol. The molecule has 106 valence electrons. The maximum Gasteiger partial charge on any atom is 0.203 e. The van der Waals surface area contributed by atoms with Gasteiger partial charge >= 0.3 is 0 Å². The standard InChI is InChI=1S/C15H20N4S/c1-15(2,3)20-11-7-10-13-16-18-14(19-17-13)12-8-5-4-6-9-12/h4-6,8-9H,7,10-11H2,1-3H3. The lowest BCUT2D eigenvalue weighted by Crippen LogP contribution is -2.09. The van der Waals surface area contributed by atoms with Crippen LogP contribution in [0.25, 0.3) is 11.4 Å². The molecule has 1 aromatic heterocycles. The van der Waals surface area contributed by atoms with E-state index in [-0.39, 0.29) is 0 Å². The molecule has 2 aromatic rings. The van der Waals surface area contributed by atoms with Crippen LogP contribution in [0.1, 0.15) is 33.0 Å². The van der Waals surface area contributed by atoms with Crippen molar-refractivity contribution in [2.24, 2.45) is 0 Å². The Morgan fingerprint density at radius 2 is 1.60 bits per heavy atom. The minimum atomic E-state index is 0.314. The molecule has 0 atom stereocenters. The zero-order valence-electron chi connectivity index (χ0n) is 12.2. The Hall–Kier alpha value is -1.49. The molecule has 0 aliphatic carbocycles. The van der Waals surface area contributed by atoms with Gasteiger partial charge in [-0.1, -0.05) is 51.1 Å². The van der Waals surface area contributed by atoms with Crippen LogP contribution in [0.15, 0.2) is 30.3 Å². The molecule has 0 aliphatic heterocycles. The van der Waals surface area contributed by atoms with Crippen molar-refractivity contribution in [3.8, 4) is 11.4 Å². The molecule has 0 N–H and O–H groups in total. The highest BCUT2D eigenvalue weighted by Crippen LogP contribution is 2.23. The summed E-state index contributed by atoms with van der Waals surface area (Å²) in [5.41, 5.74) is 0.947. The number of aromatic nitrogens is 4. The summed E-state index contributed by atoms with van der Waals surface area (Å²) in [5.74, 6) is 2.41. The summed E-state index contributed by atoms with van der Waals surface area (Å²) in [6.45, 7) is 6.68. The molecule has 0 saturated carbocycles. The second kappa shape index (κ2) is 6.79. The molecule has 2 rings (SSSR count). The molecule has 0 bridgehead atoms. The fourth-order valence-corrected chi connectivity index (χ4v) is 2.56. The van der Waals surface area contributed by atoms with Crippen molar-refractivity contribution in [3.63, 3.8) is 0 Å². The van der Waals surface area contributed by atoms with E-state index in [2.05, 4.69) is 41.2 Å². The number of hydrogen-bond acceptors (Lipinski definition) is 5. The van der Waals surface area contributed by atoms with Crippen LogP contribution in [0.2, 0.25) is 0 Å². The Bertz CT molecular complexity index is 520. The van der Waals surface area contributed by atoms with E-state index in [0.29, 0.717) is 10.6 Å². The van der Waals surface area contributed by atoms with E-state index < -0.39 is 0 Å². The SMILES string of the molecule is CC(C)(C)SCCCc1nnc(-c2ccccc2)nn1. The Kier molecular flexibility index (Phi) is 5.06. The number of thioether (sulfide) groups is 1. The van der Waals surface area contributed by atoms with Crippen LogP contribution in [0, 0.1) is 0 Å². The van der Waals surface area contributed by atoms with Gasteiger partial charge in [-0.3, -0.25) is 0 Å². The monoisotopic (exact) mass is 288 g/mol. The van der Waals surface area contributed by atoms with Gasteiger partial charge < -0.3 is 0 Å². The molecule has 0 fully saturated rings. The average Bonchev–Trinajstić information content (AvgIpc) is 2.44. The topological polar surface area (TPSA) is 51.6 Å². The second-order valence-electron chi connectivity index (χ2n) is 5.57. The van der Waals surface area contributed by atoms with Crippen molar-refractivity contribution in [1.29, 1.82) is 0 Å². The minimum absolute atomic E-state index is 0.314. The van der Waals surface area contributed by atoms with Crippen molar-refractivity contribution in [2.45, 2.75) is 38.4 Å². The lowest BCUT2D eigenvalue weighted by atomic mass is 10.2. The number of rotatable bonds is 5. The van der Waals surface area contributed by atoms with E-state index in [0.717, 1.165) is 30.0 Å². The van der Waals surface area contributed by atoms with Crippen molar-refractivity contribution < 1.29 is 0 Å². The quantitative estimate of drug-likeness (QED) is 0.789. The zero-order valence-corrected chi connectivity index (χ0v) is 13.0. The molecule has 0 spiro atoms. The van der Waals surface area contributed by atoms with Gasteiger partial charge in [0.15, 0.2) is 5.82 Å². The first-order valence-corrected chi connectivity index (χ1v) is 7.79. The van der Waals surface area contributed by atoms with Gasteiger partial charge in [-0.2, -0.15) is 11.8 Å². The maximum absolute atomic E-state index is 4.16. The molecular weight excluding hydrogens is 268 g/mol. The lowest BCUT2D eigenvalue weighted by Gasteiger charge is -2.16. The van der Waals surface area contributed by atoms with E-state index in [9.17, 15) is 0 Å². The van der Waals surface area contributed by atoms with E-state index >= 15 is 0 Å². The summed E-state index contributed by atoms with van der Waals surface area (Å²) >= 11 is 1.96. The molecule has 4 nitrogen and oxygen atoms in total. The molecule has 5 heteroatoms. The van der Waals surface area contributed by atoms with Gasteiger partial charge in [0.25, 0.3) is 0 Å². The lowest BCUT2D eigenvalue weighted by molar-refractivity contribution is 0.736. The summed E-state index contributed by atoms with van der Waals surface area (Å²) < 4.78 is 0.314. The van der Waals surface area contributed by atoms with Crippen LogP contribution >= 0.6 is 11.8 Å². The third-order valence-electron chi connectivity index (χ3n) is 2.63. The molecule has 1 heterocycles.